The van der Waals surface area contributed by atoms with Gasteiger partial charge < -0.3 is 5.11 Å². The molecule has 0 aromatic heterocycles. The van der Waals surface area contributed by atoms with E-state index in [-0.39, 0.29) is 6.61 Å². The van der Waals surface area contributed by atoms with Crippen LogP contribution in [0.4, 0.5) is 0 Å². The van der Waals surface area contributed by atoms with Gasteiger partial charge in [0.15, 0.2) is 0 Å². The van der Waals surface area contributed by atoms with Gasteiger partial charge in [-0.05, 0) is 77.1 Å². The maximum absolute atomic E-state index is 9.59. The molecule has 0 aliphatic carbocycles. The van der Waals surface area contributed by atoms with Crippen LogP contribution in [0.15, 0.2) is 48.5 Å². The fourth-order valence-corrected chi connectivity index (χ4v) is 2.66. The highest BCUT2D eigenvalue weighted by molar-refractivity contribution is 14.1. The van der Waals surface area contributed by atoms with Crippen LogP contribution in [0.5, 0.6) is 0 Å². The lowest BCUT2D eigenvalue weighted by molar-refractivity contribution is 0.225. The third-order valence-electron chi connectivity index (χ3n) is 3.47. The molecule has 19 heavy (non-hydrogen) atoms. The Labute approximate surface area is 128 Å². The molecule has 1 nitrogen and oxygen atoms in total. The minimum Gasteiger partial charge on any atom is -0.396 e. The number of aliphatic hydroxyl groups excluding tert-OH is 1. The van der Waals surface area contributed by atoms with Gasteiger partial charge in [0.1, 0.15) is 0 Å². The first-order valence-corrected chi connectivity index (χ1v) is 7.66. The van der Waals surface area contributed by atoms with Crippen LogP contribution in [-0.4, -0.2) is 11.7 Å². The van der Waals surface area contributed by atoms with Crippen LogP contribution in [0.25, 0.3) is 0 Å². The number of halogens is 1. The third kappa shape index (κ3) is 4.32. The quantitative estimate of drug-likeness (QED) is 0.794. The first kappa shape index (κ1) is 14.5. The largest absolute Gasteiger partial charge is 0.396 e. The molecule has 0 aliphatic rings. The van der Waals surface area contributed by atoms with E-state index < -0.39 is 0 Å². The van der Waals surface area contributed by atoms with Gasteiger partial charge in [0.2, 0.25) is 0 Å². The summed E-state index contributed by atoms with van der Waals surface area (Å²) in [6, 6.07) is 17.0. The van der Waals surface area contributed by atoms with E-state index in [1.165, 1.54) is 20.3 Å². The second kappa shape index (κ2) is 7.06. The molecule has 0 aliphatic heterocycles. The van der Waals surface area contributed by atoms with E-state index in [0.29, 0.717) is 5.92 Å². The summed E-state index contributed by atoms with van der Waals surface area (Å²) in [7, 11) is 0. The zero-order chi connectivity index (χ0) is 13.7. The number of hydrogen-bond donors (Lipinski definition) is 1. The molecule has 1 unspecified atom stereocenters. The van der Waals surface area contributed by atoms with Crippen molar-refractivity contribution < 1.29 is 5.11 Å². The molecule has 2 aromatic rings. The van der Waals surface area contributed by atoms with E-state index in [9.17, 15) is 5.11 Å². The fraction of sp³-hybridized carbons (Fsp3) is 0.294. The molecular weight excluding hydrogens is 347 g/mol. The molecule has 0 bridgehead atoms. The third-order valence-corrected chi connectivity index (χ3v) is 4.18. The van der Waals surface area contributed by atoms with Crippen molar-refractivity contribution in [2.45, 2.75) is 19.8 Å². The summed E-state index contributed by atoms with van der Waals surface area (Å²) in [5.41, 5.74) is 3.95. The highest BCUT2D eigenvalue weighted by atomic mass is 127. The van der Waals surface area contributed by atoms with Crippen LogP contribution in [0.3, 0.4) is 0 Å². The van der Waals surface area contributed by atoms with Crippen LogP contribution >= 0.6 is 22.6 Å². The van der Waals surface area contributed by atoms with Crippen molar-refractivity contribution in [1.29, 1.82) is 0 Å². The molecule has 1 atom stereocenters. The molecule has 0 spiro atoms. The zero-order valence-electron chi connectivity index (χ0n) is 11.1. The second-order valence-electron chi connectivity index (χ2n) is 5.01. The predicted octanol–water partition coefficient (Wildman–Crippen LogP) is 3.99. The van der Waals surface area contributed by atoms with Crippen LogP contribution in [-0.2, 0) is 12.8 Å². The summed E-state index contributed by atoms with van der Waals surface area (Å²) in [5.74, 6) is 0.293. The molecule has 2 aromatic carbocycles. The Balaban J connectivity index is 2.05. The van der Waals surface area contributed by atoms with Crippen LogP contribution in [0, 0.1) is 16.4 Å². The molecule has 1 N–H and O–H groups in total. The Bertz CT molecular complexity index is 519. The SMILES string of the molecule is Cc1ccccc1CC(CO)Cc1ccc(I)cc1. The van der Waals surface area contributed by atoms with E-state index in [2.05, 4.69) is 78.0 Å². The highest BCUT2D eigenvalue weighted by Gasteiger charge is 2.11. The Morgan fingerprint density at radius 2 is 1.68 bits per heavy atom. The van der Waals surface area contributed by atoms with Gasteiger partial charge in [-0.3, -0.25) is 0 Å². The lowest BCUT2D eigenvalue weighted by Gasteiger charge is -2.16. The van der Waals surface area contributed by atoms with Gasteiger partial charge >= 0.3 is 0 Å². The van der Waals surface area contributed by atoms with Crippen LogP contribution in [0.2, 0.25) is 0 Å². The molecule has 0 amide bonds. The van der Waals surface area contributed by atoms with Gasteiger partial charge in [0.05, 0.1) is 0 Å². The lowest BCUT2D eigenvalue weighted by Crippen LogP contribution is -2.13. The number of rotatable bonds is 5. The van der Waals surface area contributed by atoms with Gasteiger partial charge in [0.25, 0.3) is 0 Å². The van der Waals surface area contributed by atoms with Crippen molar-refractivity contribution >= 4 is 22.6 Å². The van der Waals surface area contributed by atoms with Crippen molar-refractivity contribution in [1.82, 2.24) is 0 Å². The van der Waals surface area contributed by atoms with Gasteiger partial charge in [-0.25, -0.2) is 0 Å². The summed E-state index contributed by atoms with van der Waals surface area (Å²) in [4.78, 5) is 0. The van der Waals surface area contributed by atoms with Crippen molar-refractivity contribution in [3.05, 3.63) is 68.8 Å². The Hall–Kier alpha value is -0.870. The zero-order valence-corrected chi connectivity index (χ0v) is 13.3. The number of benzene rings is 2. The average molecular weight is 366 g/mol. The molecule has 2 heteroatoms. The number of hydrogen-bond acceptors (Lipinski definition) is 1. The summed E-state index contributed by atoms with van der Waals surface area (Å²) in [5, 5.41) is 9.59. The predicted molar refractivity (Wildman–Crippen MR) is 88.3 cm³/mol. The topological polar surface area (TPSA) is 20.2 Å². The van der Waals surface area contributed by atoms with Crippen LogP contribution in [0.1, 0.15) is 16.7 Å². The Morgan fingerprint density at radius 1 is 1.00 bits per heavy atom. The maximum atomic E-state index is 9.59. The number of aliphatic hydroxyl groups is 1. The monoisotopic (exact) mass is 366 g/mol. The van der Waals surface area contributed by atoms with Crippen molar-refractivity contribution in [3.8, 4) is 0 Å². The maximum Gasteiger partial charge on any atom is 0.0465 e. The minimum absolute atomic E-state index is 0.236. The van der Waals surface area contributed by atoms with Crippen molar-refractivity contribution in [3.63, 3.8) is 0 Å². The molecule has 0 radical (unpaired) electrons. The molecule has 0 saturated carbocycles. The average Bonchev–Trinajstić information content (AvgIpc) is 2.43. The molecule has 0 fully saturated rings. The van der Waals surface area contributed by atoms with Crippen LogP contribution < -0.4 is 0 Å². The minimum atomic E-state index is 0.236. The van der Waals surface area contributed by atoms with Crippen molar-refractivity contribution in [2.24, 2.45) is 5.92 Å². The first-order chi connectivity index (χ1) is 9.19. The fourth-order valence-electron chi connectivity index (χ4n) is 2.31. The molecule has 0 saturated heterocycles. The summed E-state index contributed by atoms with van der Waals surface area (Å²) < 4.78 is 1.25. The molecular formula is C17H19IO. The lowest BCUT2D eigenvalue weighted by atomic mass is 9.91. The van der Waals surface area contributed by atoms with E-state index >= 15 is 0 Å². The molecule has 0 heterocycles. The van der Waals surface area contributed by atoms with E-state index in [4.69, 9.17) is 0 Å². The van der Waals surface area contributed by atoms with Gasteiger partial charge in [-0.15, -0.1) is 0 Å². The summed E-state index contributed by atoms with van der Waals surface area (Å²) >= 11 is 2.31. The van der Waals surface area contributed by atoms with Gasteiger partial charge in [-0.1, -0.05) is 36.4 Å². The molecule has 2 rings (SSSR count). The molecule has 100 valence electrons. The first-order valence-electron chi connectivity index (χ1n) is 6.59. The Kier molecular flexibility index (Phi) is 5.40. The Morgan fingerprint density at radius 3 is 2.32 bits per heavy atom. The summed E-state index contributed by atoms with van der Waals surface area (Å²) in [6.07, 6.45) is 1.87. The number of aryl methyl sites for hydroxylation is 1. The standard InChI is InChI=1S/C17H19IO/c1-13-4-2-3-5-16(13)11-15(12-19)10-14-6-8-17(18)9-7-14/h2-9,15,19H,10-12H2,1H3. The normalized spacial score (nSPS) is 12.4. The van der Waals surface area contributed by atoms with Crippen molar-refractivity contribution in [2.75, 3.05) is 6.61 Å². The van der Waals surface area contributed by atoms with Gasteiger partial charge in [-0.2, -0.15) is 0 Å². The van der Waals surface area contributed by atoms with E-state index in [1.54, 1.807) is 0 Å². The second-order valence-corrected chi connectivity index (χ2v) is 6.26. The summed E-state index contributed by atoms with van der Waals surface area (Å²) in [6.45, 7) is 2.37. The van der Waals surface area contributed by atoms with E-state index in [0.717, 1.165) is 12.8 Å². The smallest absolute Gasteiger partial charge is 0.0465 e. The van der Waals surface area contributed by atoms with E-state index in [1.807, 2.05) is 0 Å². The highest BCUT2D eigenvalue weighted by Crippen LogP contribution is 2.18. The van der Waals surface area contributed by atoms with Gasteiger partial charge in [0, 0.05) is 10.2 Å².